The highest BCUT2D eigenvalue weighted by Crippen LogP contribution is 2.16. The van der Waals surface area contributed by atoms with Crippen molar-refractivity contribution in [1.82, 2.24) is 5.32 Å². The van der Waals surface area contributed by atoms with Crippen molar-refractivity contribution in [1.29, 1.82) is 0 Å². The van der Waals surface area contributed by atoms with E-state index in [9.17, 15) is 19.8 Å². The molecule has 364 valence electrons. The number of carbonyl (C=O) groups is 2. The van der Waals surface area contributed by atoms with Gasteiger partial charge in [-0.05, 0) is 57.8 Å². The van der Waals surface area contributed by atoms with Crippen molar-refractivity contribution in [3.63, 3.8) is 0 Å². The number of hydrogen-bond donors (Lipinski definition) is 3. The molecule has 0 spiro atoms. The Labute approximate surface area is 385 Å². The van der Waals surface area contributed by atoms with Crippen LogP contribution in [0.4, 0.5) is 0 Å². The van der Waals surface area contributed by atoms with Crippen LogP contribution in [0.5, 0.6) is 0 Å². The summed E-state index contributed by atoms with van der Waals surface area (Å²) in [5.41, 5.74) is 0. The average Bonchev–Trinajstić information content (AvgIpc) is 3.27. The summed E-state index contributed by atoms with van der Waals surface area (Å²) < 4.78 is 5.45. The molecule has 0 fully saturated rings. The predicted octanol–water partition coefficient (Wildman–Crippen LogP) is 16.5. The highest BCUT2D eigenvalue weighted by Gasteiger charge is 2.18. The standard InChI is InChI=1S/C56H105NO5/c1-3-5-7-9-11-13-15-17-19-20-21-22-23-24-25-28-32-36-40-44-48-54(59)53(52-58)57-55(60)49-45-41-37-33-29-27-31-35-39-43-47-51-62-56(61)50-46-42-38-34-30-26-18-16-14-12-10-8-6-4-2/h10,12,16,18,44,48,53-54,58-59H,3-9,11,13-15,17,19-43,45-47,49-52H2,1-2H3,(H,57,60)/b12-10-,18-16-,48-44+. The second kappa shape index (κ2) is 51.7. The van der Waals surface area contributed by atoms with E-state index in [1.165, 1.54) is 186 Å². The molecule has 62 heavy (non-hydrogen) atoms. The molecule has 0 aliphatic carbocycles. The van der Waals surface area contributed by atoms with Gasteiger partial charge in [-0.3, -0.25) is 9.59 Å². The van der Waals surface area contributed by atoms with Crippen LogP contribution in [-0.4, -0.2) is 47.4 Å². The fraction of sp³-hybridized carbons (Fsp3) is 0.857. The van der Waals surface area contributed by atoms with Gasteiger partial charge in [-0.15, -0.1) is 0 Å². The summed E-state index contributed by atoms with van der Waals surface area (Å²) >= 11 is 0. The molecule has 0 aliphatic rings. The highest BCUT2D eigenvalue weighted by atomic mass is 16.5. The number of aliphatic hydroxyl groups is 2. The molecule has 0 bridgehead atoms. The van der Waals surface area contributed by atoms with Gasteiger partial charge in [0, 0.05) is 12.8 Å². The van der Waals surface area contributed by atoms with E-state index >= 15 is 0 Å². The van der Waals surface area contributed by atoms with Gasteiger partial charge < -0.3 is 20.3 Å². The molecular formula is C56H105NO5. The SMILES string of the molecule is CCCC/C=C\C/C=C\CCCCCCCC(=O)OCCCCCCCCCCCCCC(=O)NC(CO)C(O)/C=C/CCCCCCCCCCCCCCCCCCCC. The summed E-state index contributed by atoms with van der Waals surface area (Å²) in [6.07, 6.45) is 62.9. The summed E-state index contributed by atoms with van der Waals surface area (Å²) in [6.45, 7) is 4.82. The Balaban J connectivity index is 3.52. The van der Waals surface area contributed by atoms with Crippen molar-refractivity contribution in [2.45, 2.75) is 296 Å². The molecule has 2 atom stereocenters. The first-order valence-corrected chi connectivity index (χ1v) is 27.3. The minimum atomic E-state index is -0.858. The zero-order valence-electron chi connectivity index (χ0n) is 41.4. The third-order valence-electron chi connectivity index (χ3n) is 12.4. The fourth-order valence-corrected chi connectivity index (χ4v) is 8.18. The van der Waals surface area contributed by atoms with Crippen molar-refractivity contribution >= 4 is 11.9 Å². The van der Waals surface area contributed by atoms with E-state index in [2.05, 4.69) is 43.5 Å². The van der Waals surface area contributed by atoms with Crippen molar-refractivity contribution in [3.05, 3.63) is 36.5 Å². The summed E-state index contributed by atoms with van der Waals surface area (Å²) in [6, 6.07) is -0.644. The van der Waals surface area contributed by atoms with Gasteiger partial charge in [0.2, 0.25) is 5.91 Å². The Kier molecular flexibility index (Phi) is 50.1. The van der Waals surface area contributed by atoms with Crippen LogP contribution in [0, 0.1) is 0 Å². The lowest BCUT2D eigenvalue weighted by Crippen LogP contribution is -2.45. The molecule has 3 N–H and O–H groups in total. The summed E-state index contributed by atoms with van der Waals surface area (Å²) in [5.74, 6) is -0.117. The van der Waals surface area contributed by atoms with Gasteiger partial charge in [-0.25, -0.2) is 0 Å². The second-order valence-corrected chi connectivity index (χ2v) is 18.6. The van der Waals surface area contributed by atoms with E-state index in [4.69, 9.17) is 4.74 Å². The minimum absolute atomic E-state index is 0.0300. The van der Waals surface area contributed by atoms with Crippen LogP contribution >= 0.6 is 0 Å². The second-order valence-electron chi connectivity index (χ2n) is 18.6. The van der Waals surface area contributed by atoms with Gasteiger partial charge in [0.1, 0.15) is 0 Å². The molecule has 0 aromatic carbocycles. The summed E-state index contributed by atoms with van der Waals surface area (Å²) in [5, 5.41) is 23.1. The molecule has 6 nitrogen and oxygen atoms in total. The molecule has 0 saturated carbocycles. The number of hydrogen-bond acceptors (Lipinski definition) is 5. The largest absolute Gasteiger partial charge is 0.466 e. The molecular weight excluding hydrogens is 767 g/mol. The van der Waals surface area contributed by atoms with Crippen LogP contribution in [0.25, 0.3) is 0 Å². The molecule has 0 radical (unpaired) electrons. The van der Waals surface area contributed by atoms with Crippen LogP contribution in [-0.2, 0) is 14.3 Å². The third-order valence-corrected chi connectivity index (χ3v) is 12.4. The molecule has 0 rings (SSSR count). The van der Waals surface area contributed by atoms with Crippen LogP contribution < -0.4 is 5.32 Å². The summed E-state index contributed by atoms with van der Waals surface area (Å²) in [4.78, 5) is 24.5. The molecule has 0 aliphatic heterocycles. The van der Waals surface area contributed by atoms with Gasteiger partial charge in [-0.1, -0.05) is 249 Å². The Morgan fingerprint density at radius 2 is 0.823 bits per heavy atom. The first kappa shape index (κ1) is 60.1. The van der Waals surface area contributed by atoms with Crippen molar-refractivity contribution < 1.29 is 24.5 Å². The number of ether oxygens (including phenoxy) is 1. The number of nitrogens with one attached hydrogen (secondary N) is 1. The lowest BCUT2D eigenvalue weighted by Gasteiger charge is -2.20. The van der Waals surface area contributed by atoms with Crippen molar-refractivity contribution in [3.8, 4) is 0 Å². The summed E-state index contributed by atoms with van der Waals surface area (Å²) in [7, 11) is 0. The fourth-order valence-electron chi connectivity index (χ4n) is 8.18. The minimum Gasteiger partial charge on any atom is -0.466 e. The maximum absolute atomic E-state index is 12.5. The molecule has 0 heterocycles. The van der Waals surface area contributed by atoms with E-state index in [-0.39, 0.29) is 18.5 Å². The number of amides is 1. The van der Waals surface area contributed by atoms with Crippen LogP contribution in [0.3, 0.4) is 0 Å². The number of carbonyl (C=O) groups excluding carboxylic acids is 2. The topological polar surface area (TPSA) is 95.9 Å². The molecule has 2 unspecified atom stereocenters. The number of allylic oxidation sites excluding steroid dienone is 5. The van der Waals surface area contributed by atoms with Crippen LogP contribution in [0.2, 0.25) is 0 Å². The van der Waals surface area contributed by atoms with Gasteiger partial charge in [-0.2, -0.15) is 0 Å². The quantitative estimate of drug-likeness (QED) is 0.0321. The predicted molar refractivity (Wildman–Crippen MR) is 269 cm³/mol. The Morgan fingerprint density at radius 3 is 1.27 bits per heavy atom. The smallest absolute Gasteiger partial charge is 0.305 e. The molecule has 6 heteroatoms. The molecule has 1 amide bonds. The van der Waals surface area contributed by atoms with Crippen LogP contribution in [0.15, 0.2) is 36.5 Å². The number of aliphatic hydroxyl groups excluding tert-OH is 2. The Morgan fingerprint density at radius 1 is 0.452 bits per heavy atom. The normalized spacial score (nSPS) is 12.9. The lowest BCUT2D eigenvalue weighted by molar-refractivity contribution is -0.143. The third kappa shape index (κ3) is 47.6. The maximum Gasteiger partial charge on any atom is 0.305 e. The monoisotopic (exact) mass is 872 g/mol. The molecule has 0 aromatic heterocycles. The van der Waals surface area contributed by atoms with Gasteiger partial charge in [0.25, 0.3) is 0 Å². The molecule has 0 aromatic rings. The lowest BCUT2D eigenvalue weighted by atomic mass is 10.0. The van der Waals surface area contributed by atoms with Crippen molar-refractivity contribution in [2.75, 3.05) is 13.2 Å². The zero-order valence-corrected chi connectivity index (χ0v) is 41.4. The maximum atomic E-state index is 12.5. The molecule has 0 saturated heterocycles. The first-order valence-electron chi connectivity index (χ1n) is 27.3. The van der Waals surface area contributed by atoms with Gasteiger partial charge in [0.05, 0.1) is 25.4 Å². The van der Waals surface area contributed by atoms with E-state index < -0.39 is 12.1 Å². The van der Waals surface area contributed by atoms with Gasteiger partial charge >= 0.3 is 5.97 Å². The van der Waals surface area contributed by atoms with E-state index in [0.717, 1.165) is 70.6 Å². The zero-order chi connectivity index (χ0) is 45.1. The van der Waals surface area contributed by atoms with E-state index in [0.29, 0.717) is 19.4 Å². The number of rotatable bonds is 50. The Hall–Kier alpha value is -1.92. The highest BCUT2D eigenvalue weighted by molar-refractivity contribution is 5.76. The Bertz CT molecular complexity index is 1010. The van der Waals surface area contributed by atoms with E-state index in [1.54, 1.807) is 6.08 Å². The number of esters is 1. The van der Waals surface area contributed by atoms with Crippen molar-refractivity contribution in [2.24, 2.45) is 0 Å². The first-order chi connectivity index (χ1) is 30.5. The van der Waals surface area contributed by atoms with Gasteiger partial charge in [0.15, 0.2) is 0 Å². The van der Waals surface area contributed by atoms with E-state index in [1.807, 2.05) is 6.08 Å². The number of unbranched alkanes of at least 4 members (excludes halogenated alkanes) is 35. The average molecular weight is 872 g/mol. The van der Waals surface area contributed by atoms with Crippen LogP contribution in [0.1, 0.15) is 284 Å².